The SMILES string of the molecule is CCn1ncc(-c2cc(C(=O)Nc3ccc4c(c3)cc(C)n4CCOC)no2)c1C. The summed E-state index contributed by atoms with van der Waals surface area (Å²) in [6.07, 6.45) is 1.73. The maximum Gasteiger partial charge on any atom is 0.277 e. The molecule has 30 heavy (non-hydrogen) atoms. The van der Waals surface area contributed by atoms with Gasteiger partial charge in [-0.25, -0.2) is 0 Å². The summed E-state index contributed by atoms with van der Waals surface area (Å²) in [5.74, 6) is 0.207. The zero-order valence-corrected chi connectivity index (χ0v) is 17.6. The molecule has 0 atom stereocenters. The Balaban J connectivity index is 1.53. The number of amides is 1. The van der Waals surface area contributed by atoms with Gasteiger partial charge in [-0.15, -0.1) is 0 Å². The van der Waals surface area contributed by atoms with Crippen molar-refractivity contribution in [2.45, 2.75) is 33.9 Å². The van der Waals surface area contributed by atoms with Crippen LogP contribution in [0.1, 0.15) is 28.8 Å². The molecule has 0 radical (unpaired) electrons. The molecule has 0 fully saturated rings. The van der Waals surface area contributed by atoms with Crippen LogP contribution in [0.2, 0.25) is 0 Å². The monoisotopic (exact) mass is 407 g/mol. The molecule has 4 rings (SSSR count). The van der Waals surface area contributed by atoms with Gasteiger partial charge in [0.15, 0.2) is 11.5 Å². The summed E-state index contributed by atoms with van der Waals surface area (Å²) in [5.41, 5.74) is 4.99. The molecule has 156 valence electrons. The number of hydrogen-bond donors (Lipinski definition) is 1. The first-order valence-electron chi connectivity index (χ1n) is 9.91. The van der Waals surface area contributed by atoms with Gasteiger partial charge in [0, 0.05) is 54.2 Å². The molecular formula is C22H25N5O3. The number of methoxy groups -OCH3 is 1. The van der Waals surface area contributed by atoms with Gasteiger partial charge in [0.2, 0.25) is 0 Å². The van der Waals surface area contributed by atoms with Crippen molar-refractivity contribution in [2.75, 3.05) is 19.0 Å². The molecule has 8 heteroatoms. The van der Waals surface area contributed by atoms with Crippen LogP contribution in [-0.4, -0.2) is 39.1 Å². The highest BCUT2D eigenvalue weighted by Gasteiger charge is 2.17. The Morgan fingerprint density at radius 1 is 1.23 bits per heavy atom. The molecule has 0 saturated heterocycles. The van der Waals surface area contributed by atoms with E-state index in [-0.39, 0.29) is 11.6 Å². The number of ether oxygens (including phenoxy) is 1. The summed E-state index contributed by atoms with van der Waals surface area (Å²) in [6.45, 7) is 8.24. The quantitative estimate of drug-likeness (QED) is 0.500. The molecule has 8 nitrogen and oxygen atoms in total. The molecule has 0 bridgehead atoms. The second-order valence-corrected chi connectivity index (χ2v) is 7.19. The Bertz CT molecular complexity index is 1200. The van der Waals surface area contributed by atoms with Crippen molar-refractivity contribution in [1.29, 1.82) is 0 Å². The van der Waals surface area contributed by atoms with E-state index in [1.807, 2.05) is 36.7 Å². The maximum atomic E-state index is 12.7. The number of carbonyl (C=O) groups is 1. The molecule has 0 aliphatic carbocycles. The maximum absolute atomic E-state index is 12.7. The van der Waals surface area contributed by atoms with E-state index in [0.29, 0.717) is 18.1 Å². The molecule has 0 unspecified atom stereocenters. The standard InChI is InChI=1S/C22H25N5O3/c1-5-27-15(3)18(13-23-27)21-12-19(25-30-21)22(28)24-17-6-7-20-16(11-17)10-14(2)26(20)8-9-29-4/h6-7,10-13H,5,8-9H2,1-4H3,(H,24,28). The molecule has 1 aromatic carbocycles. The summed E-state index contributed by atoms with van der Waals surface area (Å²) < 4.78 is 14.7. The van der Waals surface area contributed by atoms with E-state index in [1.165, 1.54) is 0 Å². The Hall–Kier alpha value is -3.39. The van der Waals surface area contributed by atoms with Crippen LogP contribution < -0.4 is 5.32 Å². The lowest BCUT2D eigenvalue weighted by Gasteiger charge is -2.08. The number of hydrogen-bond acceptors (Lipinski definition) is 5. The van der Waals surface area contributed by atoms with E-state index in [9.17, 15) is 4.79 Å². The van der Waals surface area contributed by atoms with Gasteiger partial charge in [0.1, 0.15) is 0 Å². The molecule has 3 aromatic heterocycles. The fourth-order valence-electron chi connectivity index (χ4n) is 3.68. The van der Waals surface area contributed by atoms with Crippen LogP contribution in [0.5, 0.6) is 0 Å². The van der Waals surface area contributed by atoms with E-state index >= 15 is 0 Å². The number of nitrogens with one attached hydrogen (secondary N) is 1. The van der Waals surface area contributed by atoms with Crippen LogP contribution in [0.4, 0.5) is 5.69 Å². The number of rotatable bonds is 7. The van der Waals surface area contributed by atoms with E-state index < -0.39 is 0 Å². The van der Waals surface area contributed by atoms with Gasteiger partial charge in [-0.05, 0) is 45.0 Å². The number of aromatic nitrogens is 4. The van der Waals surface area contributed by atoms with Crippen molar-refractivity contribution >= 4 is 22.5 Å². The first-order chi connectivity index (χ1) is 14.5. The third-order valence-electron chi connectivity index (χ3n) is 5.30. The second kappa shape index (κ2) is 8.16. The van der Waals surface area contributed by atoms with Gasteiger partial charge in [-0.3, -0.25) is 9.48 Å². The smallest absolute Gasteiger partial charge is 0.277 e. The zero-order chi connectivity index (χ0) is 21.3. The van der Waals surface area contributed by atoms with Gasteiger partial charge in [0.25, 0.3) is 5.91 Å². The largest absolute Gasteiger partial charge is 0.383 e. The molecule has 1 amide bonds. The summed E-state index contributed by atoms with van der Waals surface area (Å²) in [6, 6.07) is 9.59. The van der Waals surface area contributed by atoms with E-state index in [0.717, 1.165) is 40.9 Å². The molecule has 0 aliphatic heterocycles. The van der Waals surface area contributed by atoms with Gasteiger partial charge in [-0.2, -0.15) is 5.10 Å². The molecule has 0 saturated carbocycles. The van der Waals surface area contributed by atoms with Crippen LogP contribution in [0.15, 0.2) is 41.1 Å². The first-order valence-corrected chi connectivity index (χ1v) is 9.91. The molecule has 0 spiro atoms. The van der Waals surface area contributed by atoms with Crippen molar-refractivity contribution in [3.8, 4) is 11.3 Å². The summed E-state index contributed by atoms with van der Waals surface area (Å²) in [7, 11) is 1.70. The predicted octanol–water partition coefficient (Wildman–Crippen LogP) is 4.03. The topological polar surface area (TPSA) is 87.1 Å². The fourth-order valence-corrected chi connectivity index (χ4v) is 3.68. The Labute approximate surface area is 174 Å². The lowest BCUT2D eigenvalue weighted by molar-refractivity contribution is 0.101. The number of benzene rings is 1. The van der Waals surface area contributed by atoms with Crippen molar-refractivity contribution in [3.63, 3.8) is 0 Å². The molecule has 1 N–H and O–H groups in total. The fraction of sp³-hybridized carbons (Fsp3) is 0.318. The Kier molecular flexibility index (Phi) is 5.41. The Morgan fingerprint density at radius 2 is 2.07 bits per heavy atom. The molecule has 3 heterocycles. The molecule has 4 aromatic rings. The van der Waals surface area contributed by atoms with E-state index in [4.69, 9.17) is 9.26 Å². The predicted molar refractivity (Wildman–Crippen MR) is 115 cm³/mol. The van der Waals surface area contributed by atoms with Crippen molar-refractivity contribution in [2.24, 2.45) is 0 Å². The van der Waals surface area contributed by atoms with Crippen LogP contribution in [0, 0.1) is 13.8 Å². The molecular weight excluding hydrogens is 382 g/mol. The third kappa shape index (κ3) is 3.61. The number of nitrogens with zero attached hydrogens (tertiary/aromatic N) is 4. The summed E-state index contributed by atoms with van der Waals surface area (Å²) in [5, 5.41) is 12.2. The number of anilines is 1. The lowest BCUT2D eigenvalue weighted by Crippen LogP contribution is -2.12. The van der Waals surface area contributed by atoms with E-state index in [1.54, 1.807) is 19.4 Å². The van der Waals surface area contributed by atoms with Gasteiger partial charge in [0.05, 0.1) is 18.4 Å². The number of carbonyl (C=O) groups excluding carboxylic acids is 1. The van der Waals surface area contributed by atoms with E-state index in [2.05, 4.69) is 33.1 Å². The number of fused-ring (bicyclic) bond motifs is 1. The van der Waals surface area contributed by atoms with Gasteiger partial charge < -0.3 is 19.1 Å². The minimum Gasteiger partial charge on any atom is -0.383 e. The van der Waals surface area contributed by atoms with Crippen LogP contribution in [0.25, 0.3) is 22.2 Å². The van der Waals surface area contributed by atoms with Crippen LogP contribution >= 0.6 is 0 Å². The van der Waals surface area contributed by atoms with Gasteiger partial charge in [-0.1, -0.05) is 5.16 Å². The Morgan fingerprint density at radius 3 is 2.80 bits per heavy atom. The second-order valence-electron chi connectivity index (χ2n) is 7.19. The average molecular weight is 407 g/mol. The summed E-state index contributed by atoms with van der Waals surface area (Å²) in [4.78, 5) is 12.7. The zero-order valence-electron chi connectivity index (χ0n) is 17.6. The van der Waals surface area contributed by atoms with Crippen molar-refractivity contribution in [3.05, 3.63) is 53.6 Å². The average Bonchev–Trinajstić information content (AvgIpc) is 3.42. The van der Waals surface area contributed by atoms with Crippen LogP contribution in [-0.2, 0) is 17.8 Å². The highest BCUT2D eigenvalue weighted by atomic mass is 16.5. The lowest BCUT2D eigenvalue weighted by atomic mass is 10.2. The van der Waals surface area contributed by atoms with Crippen molar-refractivity contribution in [1.82, 2.24) is 19.5 Å². The van der Waals surface area contributed by atoms with Crippen molar-refractivity contribution < 1.29 is 14.1 Å². The minimum atomic E-state index is -0.319. The highest BCUT2D eigenvalue weighted by Crippen LogP contribution is 2.26. The third-order valence-corrected chi connectivity index (χ3v) is 5.30. The molecule has 0 aliphatic rings. The van der Waals surface area contributed by atoms with Crippen LogP contribution in [0.3, 0.4) is 0 Å². The first kappa shape index (κ1) is 19.9. The summed E-state index contributed by atoms with van der Waals surface area (Å²) >= 11 is 0. The van der Waals surface area contributed by atoms with Gasteiger partial charge >= 0.3 is 0 Å². The number of aryl methyl sites for hydroxylation is 2. The highest BCUT2D eigenvalue weighted by molar-refractivity contribution is 6.04. The minimum absolute atomic E-state index is 0.225. The normalized spacial score (nSPS) is 11.3.